The Morgan fingerprint density at radius 1 is 0.905 bits per heavy atom. The Labute approximate surface area is 160 Å². The Bertz CT molecular complexity index is 293. The third-order valence-electron chi connectivity index (χ3n) is 3.24. The zero-order chi connectivity index (χ0) is 12.7. The Morgan fingerprint density at radius 3 is 1.57 bits per heavy atom. The van der Waals surface area contributed by atoms with Crippen molar-refractivity contribution in [3.05, 3.63) is 30.1 Å². The number of rotatable bonds is 2. The van der Waals surface area contributed by atoms with Crippen molar-refractivity contribution in [3.63, 3.8) is 0 Å². The van der Waals surface area contributed by atoms with Crippen molar-refractivity contribution in [3.8, 4) is 0 Å². The molecule has 1 aliphatic heterocycles. The summed E-state index contributed by atoms with van der Waals surface area (Å²) in [5, 5.41) is 0. The van der Waals surface area contributed by atoms with Crippen molar-refractivity contribution < 1.29 is 32.7 Å². The Morgan fingerprint density at radius 2 is 1.33 bits per heavy atom. The summed E-state index contributed by atoms with van der Waals surface area (Å²) in [6.45, 7) is 11.6. The van der Waals surface area contributed by atoms with Crippen LogP contribution in [0.3, 0.4) is 0 Å². The molecule has 0 aliphatic carbocycles. The van der Waals surface area contributed by atoms with Crippen molar-refractivity contribution >= 4 is 0 Å². The van der Waals surface area contributed by atoms with Gasteiger partial charge >= 0.3 is 0 Å². The van der Waals surface area contributed by atoms with E-state index in [9.17, 15) is 0 Å². The standard InChI is InChI=1S/C8H11N.C7H15N.3CH4.Y/c1-7(2)8-3-5-9-6-4-8;1-7(2)8-5-3-4-6-8;;;;/h3-7H,1-2H3;7H,3-6H2,1-2H3;3*1H4;. The number of likely N-dealkylation sites (tertiary alicyclic amines) is 1. The molecule has 2 rings (SSSR count). The van der Waals surface area contributed by atoms with Crippen LogP contribution in [-0.4, -0.2) is 29.0 Å². The molecular weight excluding hydrogens is 333 g/mol. The van der Waals surface area contributed by atoms with E-state index in [2.05, 4.69) is 37.6 Å². The van der Waals surface area contributed by atoms with E-state index >= 15 is 0 Å². The first-order valence-electron chi connectivity index (χ1n) is 6.75. The Kier molecular flexibility index (Phi) is 23.1. The molecule has 1 aliphatic rings. The molecule has 0 saturated carbocycles. The van der Waals surface area contributed by atoms with Crippen molar-refractivity contribution in [2.24, 2.45) is 0 Å². The second-order valence-corrected chi connectivity index (χ2v) is 5.27. The molecule has 1 saturated heterocycles. The van der Waals surface area contributed by atoms with Gasteiger partial charge in [0, 0.05) is 51.1 Å². The second kappa shape index (κ2) is 16.6. The summed E-state index contributed by atoms with van der Waals surface area (Å²) in [6, 6.07) is 4.87. The van der Waals surface area contributed by atoms with Crippen LogP contribution >= 0.6 is 0 Å². The molecule has 1 fully saturated rings. The van der Waals surface area contributed by atoms with Crippen LogP contribution < -0.4 is 0 Å². The Hall–Kier alpha value is 0.214. The third kappa shape index (κ3) is 12.4. The zero-order valence-electron chi connectivity index (χ0n) is 12.3. The maximum atomic E-state index is 3.93. The van der Waals surface area contributed by atoms with Gasteiger partial charge in [0.2, 0.25) is 0 Å². The first kappa shape index (κ1) is 29.3. The smallest absolute Gasteiger partial charge is 0.0270 e. The monoisotopic (exact) mass is 371 g/mol. The van der Waals surface area contributed by atoms with Gasteiger partial charge in [0.05, 0.1) is 0 Å². The van der Waals surface area contributed by atoms with Gasteiger partial charge in [-0.2, -0.15) is 0 Å². The van der Waals surface area contributed by atoms with Crippen LogP contribution in [0.15, 0.2) is 24.5 Å². The van der Waals surface area contributed by atoms with Gasteiger partial charge in [-0.15, -0.1) is 0 Å². The van der Waals surface area contributed by atoms with Crippen molar-refractivity contribution in [2.45, 2.75) is 74.8 Å². The van der Waals surface area contributed by atoms with Gasteiger partial charge in [-0.05, 0) is 63.4 Å². The van der Waals surface area contributed by atoms with Crippen molar-refractivity contribution in [2.75, 3.05) is 13.1 Å². The fourth-order valence-corrected chi connectivity index (χ4v) is 2.01. The van der Waals surface area contributed by atoms with E-state index in [4.69, 9.17) is 0 Å². The SMILES string of the molecule is C.C.C.CC(C)N1CCCC1.CC(C)c1ccncc1.[Y]. The molecule has 0 atom stereocenters. The summed E-state index contributed by atoms with van der Waals surface area (Å²) in [7, 11) is 0. The minimum Gasteiger partial charge on any atom is -0.301 e. The van der Waals surface area contributed by atoms with Crippen molar-refractivity contribution in [1.82, 2.24) is 9.88 Å². The molecule has 21 heavy (non-hydrogen) atoms. The molecule has 1 aromatic heterocycles. The van der Waals surface area contributed by atoms with Gasteiger partial charge in [0.25, 0.3) is 0 Å². The van der Waals surface area contributed by atoms with Crippen LogP contribution in [0.4, 0.5) is 0 Å². The molecule has 0 aromatic carbocycles. The summed E-state index contributed by atoms with van der Waals surface area (Å²) in [6.07, 6.45) is 6.49. The number of hydrogen-bond donors (Lipinski definition) is 0. The van der Waals surface area contributed by atoms with E-state index in [0.29, 0.717) is 5.92 Å². The largest absolute Gasteiger partial charge is 0.301 e. The average molecular weight is 371 g/mol. The molecule has 2 nitrogen and oxygen atoms in total. The fraction of sp³-hybridized carbons (Fsp3) is 0.722. The topological polar surface area (TPSA) is 16.1 Å². The van der Waals surface area contributed by atoms with Gasteiger partial charge in [0.1, 0.15) is 0 Å². The van der Waals surface area contributed by atoms with E-state index in [1.165, 1.54) is 31.5 Å². The second-order valence-electron chi connectivity index (χ2n) is 5.27. The van der Waals surface area contributed by atoms with Gasteiger partial charge < -0.3 is 4.90 Å². The van der Waals surface area contributed by atoms with E-state index in [0.717, 1.165) is 6.04 Å². The molecular formula is C18H38N2Y. The van der Waals surface area contributed by atoms with Crippen LogP contribution in [0, 0.1) is 0 Å². The van der Waals surface area contributed by atoms with Gasteiger partial charge in [-0.1, -0.05) is 36.1 Å². The molecule has 0 bridgehead atoms. The Balaban J connectivity index is -0.000000116. The molecule has 0 spiro atoms. The maximum absolute atomic E-state index is 3.93. The van der Waals surface area contributed by atoms with Crippen LogP contribution in [0.1, 0.15) is 74.3 Å². The van der Waals surface area contributed by atoms with E-state index < -0.39 is 0 Å². The predicted molar refractivity (Wildman–Crippen MR) is 94.5 cm³/mol. The maximum Gasteiger partial charge on any atom is 0.0270 e. The van der Waals surface area contributed by atoms with E-state index in [1.54, 1.807) is 0 Å². The molecule has 0 amide bonds. The molecule has 1 aromatic rings. The molecule has 0 N–H and O–H groups in total. The van der Waals surface area contributed by atoms with Crippen LogP contribution in [0.25, 0.3) is 0 Å². The minimum atomic E-state index is 0. The van der Waals surface area contributed by atoms with Crippen molar-refractivity contribution in [1.29, 1.82) is 0 Å². The first-order valence-corrected chi connectivity index (χ1v) is 6.75. The normalized spacial score (nSPS) is 13.0. The fourth-order valence-electron chi connectivity index (χ4n) is 2.01. The summed E-state index contributed by atoms with van der Waals surface area (Å²) < 4.78 is 0. The summed E-state index contributed by atoms with van der Waals surface area (Å²) in [4.78, 5) is 6.46. The first-order chi connectivity index (χ1) is 8.11. The molecule has 0 unspecified atom stereocenters. The number of nitrogens with zero attached hydrogens (tertiary/aromatic N) is 2. The van der Waals surface area contributed by atoms with Gasteiger partial charge in [-0.25, -0.2) is 0 Å². The van der Waals surface area contributed by atoms with Crippen LogP contribution in [0.2, 0.25) is 0 Å². The van der Waals surface area contributed by atoms with Gasteiger partial charge in [0.15, 0.2) is 0 Å². The number of hydrogen-bond acceptors (Lipinski definition) is 2. The average Bonchev–Trinajstić information content (AvgIpc) is 2.84. The zero-order valence-corrected chi connectivity index (χ0v) is 15.1. The van der Waals surface area contributed by atoms with Crippen LogP contribution in [-0.2, 0) is 32.7 Å². The molecule has 3 heteroatoms. The number of aromatic nitrogens is 1. The molecule has 1 radical (unpaired) electrons. The summed E-state index contributed by atoms with van der Waals surface area (Å²) >= 11 is 0. The van der Waals surface area contributed by atoms with Crippen LogP contribution in [0.5, 0.6) is 0 Å². The van der Waals surface area contributed by atoms with E-state index in [-0.39, 0.29) is 55.0 Å². The third-order valence-corrected chi connectivity index (χ3v) is 3.24. The summed E-state index contributed by atoms with van der Waals surface area (Å²) in [5.74, 6) is 0.619. The quantitative estimate of drug-likeness (QED) is 0.673. The predicted octanol–water partition coefficient (Wildman–Crippen LogP) is 5.60. The minimum absolute atomic E-state index is 0. The van der Waals surface area contributed by atoms with E-state index in [1.807, 2.05) is 24.5 Å². The summed E-state index contributed by atoms with van der Waals surface area (Å²) in [5.41, 5.74) is 1.35. The van der Waals surface area contributed by atoms with Gasteiger partial charge in [-0.3, -0.25) is 4.98 Å². The molecule has 123 valence electrons. The number of pyridine rings is 1. The molecule has 2 heterocycles.